The molecular weight excluding hydrogens is 384 g/mol. The van der Waals surface area contributed by atoms with Crippen molar-refractivity contribution in [2.75, 3.05) is 50.9 Å². The minimum Gasteiger partial charge on any atom is -0.379 e. The van der Waals surface area contributed by atoms with E-state index in [1.54, 1.807) is 11.3 Å². The molecule has 2 aliphatic rings. The molecule has 0 radical (unpaired) electrons. The fraction of sp³-hybridized carbons (Fsp3) is 0.455. The number of aromatic nitrogens is 2. The predicted molar refractivity (Wildman–Crippen MR) is 117 cm³/mol. The summed E-state index contributed by atoms with van der Waals surface area (Å²) in [5.41, 5.74) is 2.43. The number of nitrogens with zero attached hydrogens (tertiary/aromatic N) is 4. The zero-order valence-corrected chi connectivity index (χ0v) is 17.5. The van der Waals surface area contributed by atoms with E-state index in [0.717, 1.165) is 69.0 Å². The highest BCUT2D eigenvalue weighted by Gasteiger charge is 2.24. The van der Waals surface area contributed by atoms with Crippen LogP contribution in [0.3, 0.4) is 0 Å². The van der Waals surface area contributed by atoms with Crippen LogP contribution in [0.25, 0.3) is 21.3 Å². The van der Waals surface area contributed by atoms with E-state index in [9.17, 15) is 0 Å². The van der Waals surface area contributed by atoms with E-state index < -0.39 is 0 Å². The van der Waals surface area contributed by atoms with Gasteiger partial charge in [-0.05, 0) is 12.5 Å². The van der Waals surface area contributed by atoms with Crippen molar-refractivity contribution in [1.29, 1.82) is 0 Å². The fourth-order valence-corrected chi connectivity index (χ4v) is 5.03. The number of thiophene rings is 1. The Bertz CT molecular complexity index is 972. The van der Waals surface area contributed by atoms with Crippen LogP contribution < -0.4 is 4.90 Å². The molecule has 2 fully saturated rings. The molecule has 1 atom stereocenters. The van der Waals surface area contributed by atoms with Crippen LogP contribution in [0.5, 0.6) is 0 Å². The van der Waals surface area contributed by atoms with Gasteiger partial charge in [-0.2, -0.15) is 0 Å². The normalized spacial score (nSPS) is 21.0. The molecule has 6 nitrogen and oxygen atoms in total. The molecule has 0 aliphatic carbocycles. The summed E-state index contributed by atoms with van der Waals surface area (Å²) < 4.78 is 11.3. The molecule has 1 aromatic carbocycles. The summed E-state index contributed by atoms with van der Waals surface area (Å²) >= 11 is 1.71. The van der Waals surface area contributed by atoms with Gasteiger partial charge in [-0.3, -0.25) is 4.90 Å². The zero-order chi connectivity index (χ0) is 19.6. The van der Waals surface area contributed by atoms with Crippen molar-refractivity contribution in [3.63, 3.8) is 0 Å². The third kappa shape index (κ3) is 4.00. The summed E-state index contributed by atoms with van der Waals surface area (Å²) in [5, 5.41) is 3.39. The van der Waals surface area contributed by atoms with E-state index >= 15 is 0 Å². The summed E-state index contributed by atoms with van der Waals surface area (Å²) in [4.78, 5) is 15.9. The fourth-order valence-electron chi connectivity index (χ4n) is 4.07. The van der Waals surface area contributed by atoms with E-state index in [1.807, 2.05) is 0 Å². The van der Waals surface area contributed by atoms with Crippen LogP contribution in [-0.2, 0) is 16.0 Å². The Morgan fingerprint density at radius 1 is 1.07 bits per heavy atom. The zero-order valence-electron chi connectivity index (χ0n) is 16.7. The second-order valence-corrected chi connectivity index (χ2v) is 8.53. The Kier molecular flexibility index (Phi) is 5.46. The molecule has 0 N–H and O–H groups in total. The number of anilines is 1. The first kappa shape index (κ1) is 18.9. The SMILES string of the molecule is CC1CN(c2nc(CN3CCOCC3)nc3scc(-c4ccccc4)c23)CCO1. The van der Waals surface area contributed by atoms with Crippen LogP contribution in [-0.4, -0.2) is 67.0 Å². The molecule has 0 spiro atoms. The average molecular weight is 411 g/mol. The van der Waals surface area contributed by atoms with E-state index in [2.05, 4.69) is 52.4 Å². The average Bonchev–Trinajstić information content (AvgIpc) is 3.18. The van der Waals surface area contributed by atoms with Gasteiger partial charge in [0.2, 0.25) is 0 Å². The number of fused-ring (bicyclic) bond motifs is 1. The highest BCUT2D eigenvalue weighted by molar-refractivity contribution is 7.17. The van der Waals surface area contributed by atoms with Crippen molar-refractivity contribution >= 4 is 27.4 Å². The number of benzene rings is 1. The van der Waals surface area contributed by atoms with Crippen molar-refractivity contribution in [2.24, 2.45) is 0 Å². The largest absolute Gasteiger partial charge is 0.379 e. The van der Waals surface area contributed by atoms with Gasteiger partial charge in [0.15, 0.2) is 0 Å². The molecule has 152 valence electrons. The van der Waals surface area contributed by atoms with Crippen molar-refractivity contribution < 1.29 is 9.47 Å². The molecule has 7 heteroatoms. The molecule has 1 unspecified atom stereocenters. The smallest absolute Gasteiger partial charge is 0.146 e. The molecule has 0 saturated carbocycles. The van der Waals surface area contributed by atoms with Gasteiger partial charge < -0.3 is 14.4 Å². The summed E-state index contributed by atoms with van der Waals surface area (Å²) in [6.07, 6.45) is 0.204. The highest BCUT2D eigenvalue weighted by Crippen LogP contribution is 2.38. The third-order valence-corrected chi connectivity index (χ3v) is 6.43. The molecular formula is C22H26N4O2S. The van der Waals surface area contributed by atoms with Gasteiger partial charge in [-0.1, -0.05) is 30.3 Å². The van der Waals surface area contributed by atoms with Gasteiger partial charge in [0.25, 0.3) is 0 Å². The van der Waals surface area contributed by atoms with E-state index in [4.69, 9.17) is 19.4 Å². The lowest BCUT2D eigenvalue weighted by molar-refractivity contribution is 0.0330. The molecule has 2 aliphatic heterocycles. The first-order chi connectivity index (χ1) is 14.3. The number of ether oxygens (including phenoxy) is 2. The molecule has 5 rings (SSSR count). The van der Waals surface area contributed by atoms with Gasteiger partial charge in [-0.25, -0.2) is 9.97 Å². The van der Waals surface area contributed by atoms with Crippen LogP contribution >= 0.6 is 11.3 Å². The maximum atomic E-state index is 5.79. The van der Waals surface area contributed by atoms with Crippen LogP contribution in [0.1, 0.15) is 12.7 Å². The number of hydrogen-bond acceptors (Lipinski definition) is 7. The van der Waals surface area contributed by atoms with Crippen LogP contribution in [0.4, 0.5) is 5.82 Å². The van der Waals surface area contributed by atoms with Gasteiger partial charge >= 0.3 is 0 Å². The van der Waals surface area contributed by atoms with Crippen LogP contribution in [0, 0.1) is 0 Å². The number of morpholine rings is 2. The molecule has 2 aromatic heterocycles. The van der Waals surface area contributed by atoms with Gasteiger partial charge in [-0.15, -0.1) is 11.3 Å². The van der Waals surface area contributed by atoms with Crippen molar-refractivity contribution in [1.82, 2.24) is 14.9 Å². The summed E-state index contributed by atoms with van der Waals surface area (Å²) in [7, 11) is 0. The van der Waals surface area contributed by atoms with Crippen molar-refractivity contribution in [2.45, 2.75) is 19.6 Å². The maximum Gasteiger partial charge on any atom is 0.146 e. The lowest BCUT2D eigenvalue weighted by atomic mass is 10.1. The maximum absolute atomic E-state index is 5.79. The molecule has 4 heterocycles. The van der Waals surface area contributed by atoms with Crippen molar-refractivity contribution in [3.05, 3.63) is 41.5 Å². The molecule has 2 saturated heterocycles. The first-order valence-electron chi connectivity index (χ1n) is 10.3. The van der Waals surface area contributed by atoms with E-state index in [-0.39, 0.29) is 6.10 Å². The topological polar surface area (TPSA) is 50.7 Å². The number of rotatable bonds is 4. The monoisotopic (exact) mass is 410 g/mol. The second-order valence-electron chi connectivity index (χ2n) is 7.67. The van der Waals surface area contributed by atoms with E-state index in [1.165, 1.54) is 16.5 Å². The first-order valence-corrected chi connectivity index (χ1v) is 11.2. The third-order valence-electron chi connectivity index (χ3n) is 5.55. The second kappa shape index (κ2) is 8.36. The Morgan fingerprint density at radius 3 is 2.69 bits per heavy atom. The lowest BCUT2D eigenvalue weighted by Gasteiger charge is -2.33. The van der Waals surface area contributed by atoms with Gasteiger partial charge in [0, 0.05) is 37.1 Å². The van der Waals surface area contributed by atoms with Crippen LogP contribution in [0.2, 0.25) is 0 Å². The lowest BCUT2D eigenvalue weighted by Crippen LogP contribution is -2.42. The van der Waals surface area contributed by atoms with Crippen LogP contribution in [0.15, 0.2) is 35.7 Å². The van der Waals surface area contributed by atoms with Crippen molar-refractivity contribution in [3.8, 4) is 11.1 Å². The summed E-state index contributed by atoms with van der Waals surface area (Å²) in [5.74, 6) is 1.95. The highest BCUT2D eigenvalue weighted by atomic mass is 32.1. The minimum atomic E-state index is 0.204. The molecule has 0 amide bonds. The Hall–Kier alpha value is -2.06. The minimum absolute atomic E-state index is 0.204. The molecule has 0 bridgehead atoms. The number of hydrogen-bond donors (Lipinski definition) is 0. The quantitative estimate of drug-likeness (QED) is 0.657. The Labute approximate surface area is 175 Å². The van der Waals surface area contributed by atoms with Gasteiger partial charge in [0.05, 0.1) is 37.9 Å². The summed E-state index contributed by atoms with van der Waals surface area (Å²) in [6.45, 7) is 8.78. The predicted octanol–water partition coefficient (Wildman–Crippen LogP) is 3.42. The Balaban J connectivity index is 1.58. The van der Waals surface area contributed by atoms with E-state index in [0.29, 0.717) is 0 Å². The van der Waals surface area contributed by atoms with Gasteiger partial charge in [0.1, 0.15) is 16.5 Å². The summed E-state index contributed by atoms with van der Waals surface area (Å²) in [6, 6.07) is 10.6. The molecule has 3 aromatic rings. The Morgan fingerprint density at radius 2 is 1.90 bits per heavy atom. The standard InChI is InChI=1S/C22H26N4O2S/c1-16-13-26(9-12-28-16)21-20-18(17-5-3-2-4-6-17)15-29-22(20)24-19(23-21)14-25-7-10-27-11-8-25/h2-6,15-16H,7-14H2,1H3. The molecule has 29 heavy (non-hydrogen) atoms.